The number of nitrogens with one attached hydrogen (secondary N) is 2. The number of hydrogen-bond acceptors (Lipinski definition) is 5. The molecule has 0 spiro atoms. The quantitative estimate of drug-likeness (QED) is 0.377. The third kappa shape index (κ3) is 7.33. The predicted molar refractivity (Wildman–Crippen MR) is 149 cm³/mol. The maximum Gasteiger partial charge on any atom is 0.261 e. The van der Waals surface area contributed by atoms with Gasteiger partial charge < -0.3 is 5.32 Å². The lowest BCUT2D eigenvalue weighted by atomic mass is 10.1. The topological polar surface area (TPSA) is 113 Å². The van der Waals surface area contributed by atoms with Crippen LogP contribution in [0.15, 0.2) is 65.6 Å². The molecule has 0 saturated heterocycles. The van der Waals surface area contributed by atoms with Gasteiger partial charge in [-0.05, 0) is 86.7 Å². The Morgan fingerprint density at radius 3 is 2.05 bits per heavy atom. The number of hydrogen-bond donors (Lipinski definition) is 2. The Kier molecular flexibility index (Phi) is 8.65. The van der Waals surface area contributed by atoms with Gasteiger partial charge in [0.15, 0.2) is 0 Å². The van der Waals surface area contributed by atoms with E-state index in [9.17, 15) is 21.6 Å². The maximum absolute atomic E-state index is 12.8. The van der Waals surface area contributed by atoms with Crippen LogP contribution in [-0.2, 0) is 24.8 Å². The second-order valence-electron chi connectivity index (χ2n) is 9.17. The fourth-order valence-electron chi connectivity index (χ4n) is 3.95. The summed E-state index contributed by atoms with van der Waals surface area (Å²) in [6.07, 6.45) is 1.57. The number of carbonyl (C=O) groups is 1. The van der Waals surface area contributed by atoms with Gasteiger partial charge in [0.05, 0.1) is 22.5 Å². The molecule has 0 aliphatic rings. The first-order valence-corrected chi connectivity index (χ1v) is 15.1. The van der Waals surface area contributed by atoms with Crippen molar-refractivity contribution in [2.24, 2.45) is 0 Å². The van der Waals surface area contributed by atoms with Gasteiger partial charge in [0, 0.05) is 18.7 Å². The molecule has 2 N–H and O–H groups in total. The monoisotopic (exact) mass is 543 g/mol. The van der Waals surface area contributed by atoms with Crippen molar-refractivity contribution in [3.05, 3.63) is 82.9 Å². The highest BCUT2D eigenvalue weighted by Crippen LogP contribution is 2.26. The molecule has 1 amide bonds. The molecule has 37 heavy (non-hydrogen) atoms. The molecule has 0 radical (unpaired) electrons. The zero-order valence-electron chi connectivity index (χ0n) is 21.7. The van der Waals surface area contributed by atoms with E-state index >= 15 is 0 Å². The number of benzene rings is 3. The summed E-state index contributed by atoms with van der Waals surface area (Å²) in [6, 6.07) is 17.0. The molecule has 0 atom stereocenters. The van der Waals surface area contributed by atoms with Gasteiger partial charge in [-0.1, -0.05) is 30.3 Å². The fraction of sp³-hybridized carbons (Fsp3) is 0.296. The highest BCUT2D eigenvalue weighted by molar-refractivity contribution is 7.92. The Balaban J connectivity index is 1.61. The normalized spacial score (nSPS) is 11.7. The van der Waals surface area contributed by atoms with Crippen molar-refractivity contribution in [3.63, 3.8) is 0 Å². The van der Waals surface area contributed by atoms with Crippen LogP contribution in [0.25, 0.3) is 0 Å². The van der Waals surface area contributed by atoms with E-state index in [1.807, 2.05) is 64.1 Å². The van der Waals surface area contributed by atoms with Crippen LogP contribution in [0.2, 0.25) is 0 Å². The number of rotatable bonds is 10. The first-order chi connectivity index (χ1) is 17.3. The van der Waals surface area contributed by atoms with Gasteiger partial charge in [-0.2, -0.15) is 0 Å². The van der Waals surface area contributed by atoms with E-state index in [1.54, 1.807) is 0 Å². The Morgan fingerprint density at radius 1 is 0.838 bits per heavy atom. The number of nitrogens with zero attached hydrogens (tertiary/aromatic N) is 1. The second-order valence-corrected chi connectivity index (χ2v) is 12.8. The third-order valence-electron chi connectivity index (χ3n) is 5.96. The van der Waals surface area contributed by atoms with Crippen molar-refractivity contribution in [1.82, 2.24) is 0 Å². The van der Waals surface area contributed by atoms with Crippen LogP contribution in [0.1, 0.15) is 35.1 Å². The minimum Gasteiger partial charge on any atom is -0.326 e. The summed E-state index contributed by atoms with van der Waals surface area (Å²) in [5.41, 5.74) is 5.02. The minimum atomic E-state index is -3.80. The van der Waals surface area contributed by atoms with Crippen molar-refractivity contribution < 1.29 is 21.6 Å². The van der Waals surface area contributed by atoms with Gasteiger partial charge in [-0.15, -0.1) is 0 Å². The standard InChI is InChI=1S/C27H33N3O5S2/c1-19-11-12-20(2)25(18-19)30(36(5,32)33)17-7-10-26(31)28-23-13-15-24(16-14-23)37(34,35)29-27-21(3)8-6-9-22(27)4/h6,8-9,11-16,18,29H,7,10,17H2,1-5H3,(H,28,31). The zero-order valence-corrected chi connectivity index (χ0v) is 23.3. The van der Waals surface area contributed by atoms with Gasteiger partial charge in [-0.3, -0.25) is 13.8 Å². The Labute approximate surface area is 219 Å². The number of anilines is 3. The summed E-state index contributed by atoms with van der Waals surface area (Å²) in [5, 5.41) is 2.74. The average Bonchev–Trinajstić information content (AvgIpc) is 2.81. The van der Waals surface area contributed by atoms with Crippen molar-refractivity contribution in [1.29, 1.82) is 0 Å². The summed E-state index contributed by atoms with van der Waals surface area (Å²) in [5.74, 6) is -0.293. The van der Waals surface area contributed by atoms with Crippen LogP contribution in [0, 0.1) is 27.7 Å². The molecule has 0 heterocycles. The number of amides is 1. The van der Waals surface area contributed by atoms with Crippen LogP contribution in [0.5, 0.6) is 0 Å². The van der Waals surface area contributed by atoms with Crippen molar-refractivity contribution >= 4 is 43.0 Å². The molecular weight excluding hydrogens is 510 g/mol. The predicted octanol–water partition coefficient (Wildman–Crippen LogP) is 4.91. The molecule has 0 aliphatic carbocycles. The van der Waals surface area contributed by atoms with Crippen LogP contribution < -0.4 is 14.3 Å². The van der Waals surface area contributed by atoms with Gasteiger partial charge >= 0.3 is 0 Å². The second kappa shape index (κ2) is 11.4. The largest absolute Gasteiger partial charge is 0.326 e. The van der Waals surface area contributed by atoms with Crippen molar-refractivity contribution in [2.45, 2.75) is 45.4 Å². The van der Waals surface area contributed by atoms with Gasteiger partial charge in [0.25, 0.3) is 10.0 Å². The number of carbonyl (C=O) groups excluding carboxylic acids is 1. The first kappa shape index (κ1) is 28.2. The van der Waals surface area contributed by atoms with E-state index in [1.165, 1.54) is 28.6 Å². The summed E-state index contributed by atoms with van der Waals surface area (Å²) in [6.45, 7) is 7.58. The van der Waals surface area contributed by atoms with E-state index < -0.39 is 20.0 Å². The van der Waals surface area contributed by atoms with E-state index in [0.29, 0.717) is 23.5 Å². The molecule has 0 aromatic heterocycles. The summed E-state index contributed by atoms with van der Waals surface area (Å²) < 4.78 is 54.4. The third-order valence-corrected chi connectivity index (χ3v) is 8.51. The number of para-hydroxylation sites is 1. The first-order valence-electron chi connectivity index (χ1n) is 11.8. The van der Waals surface area contributed by atoms with E-state index in [0.717, 1.165) is 28.5 Å². The smallest absolute Gasteiger partial charge is 0.261 e. The fourth-order valence-corrected chi connectivity index (χ4v) is 6.16. The van der Waals surface area contributed by atoms with Crippen LogP contribution in [0.4, 0.5) is 17.1 Å². The van der Waals surface area contributed by atoms with Gasteiger partial charge in [0.2, 0.25) is 15.9 Å². The van der Waals surface area contributed by atoms with Crippen LogP contribution in [-0.4, -0.2) is 35.5 Å². The van der Waals surface area contributed by atoms with E-state index in [-0.39, 0.29) is 23.8 Å². The zero-order chi connectivity index (χ0) is 27.4. The summed E-state index contributed by atoms with van der Waals surface area (Å²) >= 11 is 0. The lowest BCUT2D eigenvalue weighted by Crippen LogP contribution is -2.32. The Hall–Kier alpha value is -3.37. The maximum atomic E-state index is 12.8. The van der Waals surface area contributed by atoms with Gasteiger partial charge in [0.1, 0.15) is 0 Å². The Morgan fingerprint density at radius 2 is 1.46 bits per heavy atom. The van der Waals surface area contributed by atoms with Crippen molar-refractivity contribution in [3.8, 4) is 0 Å². The molecule has 0 saturated carbocycles. The van der Waals surface area contributed by atoms with Crippen LogP contribution in [0.3, 0.4) is 0 Å². The molecular formula is C27H33N3O5S2. The van der Waals surface area contributed by atoms with E-state index in [4.69, 9.17) is 0 Å². The lowest BCUT2D eigenvalue weighted by Gasteiger charge is -2.24. The molecule has 198 valence electrons. The lowest BCUT2D eigenvalue weighted by molar-refractivity contribution is -0.116. The molecule has 8 nitrogen and oxygen atoms in total. The average molecular weight is 544 g/mol. The number of sulfonamides is 2. The number of aryl methyl sites for hydroxylation is 4. The Bertz CT molecular complexity index is 1480. The van der Waals surface area contributed by atoms with Gasteiger partial charge in [-0.25, -0.2) is 16.8 Å². The molecule has 3 aromatic rings. The summed E-state index contributed by atoms with van der Waals surface area (Å²) in [4.78, 5) is 12.6. The van der Waals surface area contributed by atoms with E-state index in [2.05, 4.69) is 10.0 Å². The molecule has 0 aliphatic heterocycles. The SMILES string of the molecule is Cc1ccc(C)c(N(CCCC(=O)Nc2ccc(S(=O)(=O)Nc3c(C)cccc3C)cc2)S(C)(=O)=O)c1. The molecule has 3 aromatic carbocycles. The van der Waals surface area contributed by atoms with Crippen LogP contribution >= 0.6 is 0 Å². The summed E-state index contributed by atoms with van der Waals surface area (Å²) in [7, 11) is -7.32. The molecule has 0 fully saturated rings. The molecule has 3 rings (SSSR count). The van der Waals surface area contributed by atoms with Crippen molar-refractivity contribution in [2.75, 3.05) is 27.1 Å². The molecule has 0 unspecified atom stereocenters. The highest BCUT2D eigenvalue weighted by Gasteiger charge is 2.20. The highest BCUT2D eigenvalue weighted by atomic mass is 32.2. The molecule has 10 heteroatoms. The molecule has 0 bridgehead atoms. The minimum absolute atomic E-state index is 0.0745.